The second-order valence-corrected chi connectivity index (χ2v) is 0.933. The van der Waals surface area contributed by atoms with Gasteiger partial charge in [-0.1, -0.05) is 0 Å². The molecule has 0 saturated heterocycles. The predicted octanol–water partition coefficient (Wildman–Crippen LogP) is 0.672. The Balaban J connectivity index is 3.14. The molecular weight excluding hydrogens is 62.1 g/mol. The molecule has 1 radical (unpaired) electrons. The molecule has 1 nitrogen and oxygen atoms in total. The highest BCUT2D eigenvalue weighted by Crippen LogP contribution is 1.69. The number of hydrogen-bond donors (Lipinski definition) is 1. The molecule has 0 heterocycles. The minimum atomic E-state index is 0.755. The maximum Gasteiger partial charge on any atom is 0.00818 e. The van der Waals surface area contributed by atoms with Gasteiger partial charge in [-0.3, -0.25) is 0 Å². The average Bonchev–Trinajstić information content (AvgIpc) is 1.38. The van der Waals surface area contributed by atoms with Gasteiger partial charge in [0.1, 0.15) is 0 Å². The standard InChI is InChI=1S/C4H8N/c1-3-4(2)5/h5H2,1-2H3. The van der Waals surface area contributed by atoms with Crippen LogP contribution in [0.1, 0.15) is 13.8 Å². The lowest BCUT2D eigenvalue weighted by Gasteiger charge is -1.75. The quantitative estimate of drug-likeness (QED) is 0.445. The Morgan fingerprint density at radius 3 is 2.00 bits per heavy atom. The normalized spacial score (nSPS) is 12.0. The van der Waals surface area contributed by atoms with E-state index in [2.05, 4.69) is 6.08 Å². The smallest absolute Gasteiger partial charge is 0.00818 e. The summed E-state index contributed by atoms with van der Waals surface area (Å²) in [4.78, 5) is 0. The van der Waals surface area contributed by atoms with Crippen molar-refractivity contribution in [3.8, 4) is 0 Å². The summed E-state index contributed by atoms with van der Waals surface area (Å²) in [7, 11) is 0. The van der Waals surface area contributed by atoms with Crippen LogP contribution in [0.4, 0.5) is 0 Å². The topological polar surface area (TPSA) is 26.0 Å². The monoisotopic (exact) mass is 70.1 g/mol. The zero-order valence-electron chi connectivity index (χ0n) is 3.58. The molecule has 2 N–H and O–H groups in total. The van der Waals surface area contributed by atoms with Gasteiger partial charge >= 0.3 is 0 Å². The SMILES string of the molecule is C[C]=C(C)N. The maximum atomic E-state index is 5.10. The summed E-state index contributed by atoms with van der Waals surface area (Å²) in [5.41, 5.74) is 5.85. The van der Waals surface area contributed by atoms with Gasteiger partial charge in [0.05, 0.1) is 0 Å². The molecule has 0 aliphatic carbocycles. The van der Waals surface area contributed by atoms with E-state index in [1.54, 1.807) is 13.8 Å². The van der Waals surface area contributed by atoms with Crippen molar-refractivity contribution < 1.29 is 0 Å². The largest absolute Gasteiger partial charge is 0.402 e. The summed E-state index contributed by atoms with van der Waals surface area (Å²) in [5, 5.41) is 0. The molecule has 0 bridgehead atoms. The van der Waals surface area contributed by atoms with Crippen molar-refractivity contribution in [3.05, 3.63) is 11.8 Å². The van der Waals surface area contributed by atoms with Crippen molar-refractivity contribution in [1.82, 2.24) is 0 Å². The molecule has 0 aromatic carbocycles. The minimum absolute atomic E-state index is 0.755. The Morgan fingerprint density at radius 2 is 2.00 bits per heavy atom. The van der Waals surface area contributed by atoms with Gasteiger partial charge in [0.15, 0.2) is 0 Å². The molecule has 0 fully saturated rings. The van der Waals surface area contributed by atoms with E-state index < -0.39 is 0 Å². The summed E-state index contributed by atoms with van der Waals surface area (Å²) in [6.07, 6.45) is 2.72. The number of hydrogen-bond acceptors (Lipinski definition) is 1. The van der Waals surface area contributed by atoms with Crippen molar-refractivity contribution in [3.63, 3.8) is 0 Å². The van der Waals surface area contributed by atoms with Crippen LogP contribution in [-0.2, 0) is 0 Å². The van der Waals surface area contributed by atoms with E-state index in [-0.39, 0.29) is 0 Å². The van der Waals surface area contributed by atoms with E-state index in [0.717, 1.165) is 5.70 Å². The Morgan fingerprint density at radius 1 is 1.80 bits per heavy atom. The van der Waals surface area contributed by atoms with Gasteiger partial charge in [-0.25, -0.2) is 0 Å². The average molecular weight is 70.1 g/mol. The fraction of sp³-hybridized carbons (Fsp3) is 0.500. The molecule has 0 aliphatic rings. The minimum Gasteiger partial charge on any atom is -0.402 e. The molecule has 5 heavy (non-hydrogen) atoms. The molecule has 0 saturated carbocycles. The van der Waals surface area contributed by atoms with Crippen LogP contribution in [0.25, 0.3) is 0 Å². The molecule has 1 heteroatoms. The van der Waals surface area contributed by atoms with E-state index in [4.69, 9.17) is 5.73 Å². The van der Waals surface area contributed by atoms with E-state index in [9.17, 15) is 0 Å². The van der Waals surface area contributed by atoms with Gasteiger partial charge < -0.3 is 5.73 Å². The first-order valence-corrected chi connectivity index (χ1v) is 1.54. The van der Waals surface area contributed by atoms with Crippen molar-refractivity contribution in [2.75, 3.05) is 0 Å². The Bertz CT molecular complexity index is 41.6. The Hall–Kier alpha value is -0.460. The lowest BCUT2D eigenvalue weighted by Crippen LogP contribution is -1.87. The van der Waals surface area contributed by atoms with Crippen molar-refractivity contribution in [2.45, 2.75) is 13.8 Å². The van der Waals surface area contributed by atoms with E-state index in [1.807, 2.05) is 0 Å². The van der Waals surface area contributed by atoms with Crippen LogP contribution < -0.4 is 5.73 Å². The second kappa shape index (κ2) is 1.82. The molecule has 0 rings (SSSR count). The lowest BCUT2D eigenvalue weighted by molar-refractivity contribution is 1.27. The van der Waals surface area contributed by atoms with Gasteiger partial charge in [-0.2, -0.15) is 0 Å². The molecule has 0 aliphatic heterocycles. The number of nitrogens with two attached hydrogens (primary N) is 1. The van der Waals surface area contributed by atoms with E-state index in [0.29, 0.717) is 0 Å². The molecule has 0 spiro atoms. The zero-order chi connectivity index (χ0) is 4.28. The highest BCUT2D eigenvalue weighted by Gasteiger charge is 1.61. The molecule has 0 aromatic heterocycles. The molecule has 29 valence electrons. The third-order valence-electron chi connectivity index (χ3n) is 0.394. The van der Waals surface area contributed by atoms with Gasteiger partial charge in [0.2, 0.25) is 0 Å². The van der Waals surface area contributed by atoms with Gasteiger partial charge in [-0.05, 0) is 19.9 Å². The Labute approximate surface area is 32.5 Å². The summed E-state index contributed by atoms with van der Waals surface area (Å²) in [6.45, 7) is 3.59. The second-order valence-electron chi connectivity index (χ2n) is 0.933. The summed E-state index contributed by atoms with van der Waals surface area (Å²) in [5.74, 6) is 0. The highest BCUT2D eigenvalue weighted by atomic mass is 14.5. The first-order chi connectivity index (χ1) is 2.27. The fourth-order valence-electron chi connectivity index (χ4n) is 0. The number of allylic oxidation sites excluding steroid dienone is 2. The van der Waals surface area contributed by atoms with Crippen LogP contribution >= 0.6 is 0 Å². The van der Waals surface area contributed by atoms with Crippen LogP contribution in [0, 0.1) is 6.08 Å². The zero-order valence-corrected chi connectivity index (χ0v) is 3.58. The fourth-order valence-corrected chi connectivity index (χ4v) is 0. The molecule has 0 unspecified atom stereocenters. The van der Waals surface area contributed by atoms with Crippen LogP contribution in [0.15, 0.2) is 5.70 Å². The third-order valence-corrected chi connectivity index (χ3v) is 0.394. The van der Waals surface area contributed by atoms with Crippen LogP contribution in [0.2, 0.25) is 0 Å². The third kappa shape index (κ3) is 3.54. The van der Waals surface area contributed by atoms with E-state index >= 15 is 0 Å². The van der Waals surface area contributed by atoms with Crippen LogP contribution in [0.3, 0.4) is 0 Å². The van der Waals surface area contributed by atoms with Crippen LogP contribution in [0.5, 0.6) is 0 Å². The molecule has 0 amide bonds. The van der Waals surface area contributed by atoms with Gasteiger partial charge in [0.25, 0.3) is 0 Å². The molecule has 0 atom stereocenters. The Kier molecular flexibility index (Phi) is 1.65. The van der Waals surface area contributed by atoms with Gasteiger partial charge in [-0.15, -0.1) is 0 Å². The molecular formula is C4H8N. The molecule has 0 aromatic rings. The predicted molar refractivity (Wildman–Crippen MR) is 22.3 cm³/mol. The van der Waals surface area contributed by atoms with Gasteiger partial charge in [0, 0.05) is 5.70 Å². The first-order valence-electron chi connectivity index (χ1n) is 1.54. The lowest BCUT2D eigenvalue weighted by atomic mass is 10.5. The summed E-state index contributed by atoms with van der Waals surface area (Å²) < 4.78 is 0. The van der Waals surface area contributed by atoms with E-state index in [1.165, 1.54) is 0 Å². The first kappa shape index (κ1) is 4.54. The number of rotatable bonds is 0. The highest BCUT2D eigenvalue weighted by molar-refractivity contribution is 4.79. The van der Waals surface area contributed by atoms with Crippen LogP contribution in [-0.4, -0.2) is 0 Å². The van der Waals surface area contributed by atoms with Crippen molar-refractivity contribution in [1.29, 1.82) is 0 Å². The van der Waals surface area contributed by atoms with Crippen molar-refractivity contribution in [2.24, 2.45) is 5.73 Å². The maximum absolute atomic E-state index is 5.10. The van der Waals surface area contributed by atoms with Crippen molar-refractivity contribution >= 4 is 0 Å². The summed E-state index contributed by atoms with van der Waals surface area (Å²) in [6, 6.07) is 0. The summed E-state index contributed by atoms with van der Waals surface area (Å²) >= 11 is 0.